The molecule has 0 saturated carbocycles. The predicted octanol–water partition coefficient (Wildman–Crippen LogP) is 3.00. The second-order valence-electron chi connectivity index (χ2n) is 7.45. The summed E-state index contributed by atoms with van der Waals surface area (Å²) in [5.74, 6) is 3.73. The van der Waals surface area contributed by atoms with Crippen LogP contribution in [-0.4, -0.2) is 77.6 Å². The number of hydrogen-bond acceptors (Lipinski definition) is 7. The van der Waals surface area contributed by atoms with Gasteiger partial charge < -0.3 is 23.7 Å². The highest BCUT2D eigenvalue weighted by Gasteiger charge is 2.41. The van der Waals surface area contributed by atoms with Crippen molar-refractivity contribution in [1.82, 2.24) is 4.90 Å². The SMILES string of the molecule is C#CCOCCN(CCOCC#C)CCOc1ccc(C(=O)C(OC)(OC)c2ccccc2)cc1. The van der Waals surface area contributed by atoms with Crippen molar-refractivity contribution in [2.45, 2.75) is 5.79 Å². The number of ether oxygens (including phenoxy) is 5. The first-order chi connectivity index (χ1) is 17.1. The highest BCUT2D eigenvalue weighted by atomic mass is 16.7. The van der Waals surface area contributed by atoms with Gasteiger partial charge in [-0.15, -0.1) is 12.8 Å². The summed E-state index contributed by atoms with van der Waals surface area (Å²) in [6.07, 6.45) is 10.4. The molecule has 0 radical (unpaired) electrons. The molecule has 0 heterocycles. The molecule has 0 aliphatic heterocycles. The predicted molar refractivity (Wildman–Crippen MR) is 134 cm³/mol. The van der Waals surface area contributed by atoms with E-state index in [1.807, 2.05) is 18.2 Å². The molecule has 2 aromatic carbocycles. The van der Waals surface area contributed by atoms with E-state index >= 15 is 0 Å². The maximum Gasteiger partial charge on any atom is 0.260 e. The fraction of sp³-hybridized carbons (Fsp3) is 0.393. The fourth-order valence-electron chi connectivity index (χ4n) is 3.46. The Labute approximate surface area is 208 Å². The molecule has 0 saturated heterocycles. The Morgan fingerprint density at radius 3 is 1.89 bits per heavy atom. The number of methoxy groups -OCH3 is 2. The lowest BCUT2D eigenvalue weighted by atomic mass is 9.96. The monoisotopic (exact) mass is 479 g/mol. The number of terminal acetylenes is 2. The standard InChI is InChI=1S/C28H33NO6/c1-5-19-33-21-16-29(17-22-34-20-6-2)18-23-35-26-14-12-24(13-15-26)27(30)28(31-3,32-4)25-10-8-7-9-11-25/h1-2,7-15H,16-23H2,3-4H3. The van der Waals surface area contributed by atoms with Crippen LogP contribution in [0, 0.1) is 24.7 Å². The van der Waals surface area contributed by atoms with E-state index in [2.05, 4.69) is 16.7 Å². The van der Waals surface area contributed by atoms with Crippen molar-refractivity contribution in [3.05, 3.63) is 65.7 Å². The highest BCUT2D eigenvalue weighted by molar-refractivity contribution is 6.02. The summed E-state index contributed by atoms with van der Waals surface area (Å²) in [5, 5.41) is 0. The van der Waals surface area contributed by atoms with Gasteiger partial charge in [-0.1, -0.05) is 42.2 Å². The van der Waals surface area contributed by atoms with Crippen molar-refractivity contribution in [2.75, 3.05) is 66.9 Å². The molecule has 0 amide bonds. The third-order valence-electron chi connectivity index (χ3n) is 5.29. The van der Waals surface area contributed by atoms with Crippen molar-refractivity contribution in [3.63, 3.8) is 0 Å². The lowest BCUT2D eigenvalue weighted by molar-refractivity contribution is -0.176. The molecule has 0 fully saturated rings. The summed E-state index contributed by atoms with van der Waals surface area (Å²) >= 11 is 0. The lowest BCUT2D eigenvalue weighted by Crippen LogP contribution is -2.40. The number of hydrogen-bond donors (Lipinski definition) is 0. The molecule has 0 aromatic heterocycles. The molecule has 0 spiro atoms. The number of benzene rings is 2. The first-order valence-corrected chi connectivity index (χ1v) is 11.3. The fourth-order valence-corrected chi connectivity index (χ4v) is 3.46. The molecule has 2 aromatic rings. The number of Topliss-reactive ketones (excluding diaryl/α,β-unsaturated/α-hetero) is 1. The number of rotatable bonds is 17. The largest absolute Gasteiger partial charge is 0.492 e. The van der Waals surface area contributed by atoms with Crippen LogP contribution in [0.3, 0.4) is 0 Å². The summed E-state index contributed by atoms with van der Waals surface area (Å²) in [7, 11) is 2.90. The van der Waals surface area contributed by atoms with Gasteiger partial charge in [-0.2, -0.15) is 0 Å². The minimum absolute atomic E-state index is 0.278. The smallest absolute Gasteiger partial charge is 0.260 e. The van der Waals surface area contributed by atoms with Crippen LogP contribution < -0.4 is 4.74 Å². The van der Waals surface area contributed by atoms with Gasteiger partial charge >= 0.3 is 0 Å². The lowest BCUT2D eigenvalue weighted by Gasteiger charge is -2.29. The molecular formula is C28H33NO6. The molecule has 2 rings (SSSR count). The zero-order valence-corrected chi connectivity index (χ0v) is 20.4. The minimum atomic E-state index is -1.52. The van der Waals surface area contributed by atoms with Gasteiger partial charge in [-0.05, 0) is 24.3 Å². The van der Waals surface area contributed by atoms with Crippen molar-refractivity contribution >= 4 is 5.78 Å². The third kappa shape index (κ3) is 8.52. The molecule has 7 nitrogen and oxygen atoms in total. The Hall–Kier alpha value is -3.17. The van der Waals surface area contributed by atoms with Gasteiger partial charge in [0.2, 0.25) is 5.78 Å². The van der Waals surface area contributed by atoms with Gasteiger partial charge in [-0.25, -0.2) is 0 Å². The van der Waals surface area contributed by atoms with Gasteiger partial charge in [0.05, 0.1) is 13.2 Å². The normalized spacial score (nSPS) is 11.1. The van der Waals surface area contributed by atoms with Crippen LogP contribution >= 0.6 is 0 Å². The maximum absolute atomic E-state index is 13.3. The second kappa shape index (κ2) is 15.7. The average Bonchev–Trinajstić information content (AvgIpc) is 2.90. The molecule has 35 heavy (non-hydrogen) atoms. The molecule has 0 aliphatic carbocycles. The van der Waals surface area contributed by atoms with Crippen LogP contribution in [0.15, 0.2) is 54.6 Å². The molecule has 7 heteroatoms. The highest BCUT2D eigenvalue weighted by Crippen LogP contribution is 2.30. The van der Waals surface area contributed by atoms with Gasteiger partial charge in [-0.3, -0.25) is 9.69 Å². The van der Waals surface area contributed by atoms with E-state index in [1.165, 1.54) is 14.2 Å². The Kier molecular flexibility index (Phi) is 12.6. The van der Waals surface area contributed by atoms with E-state index in [0.717, 1.165) is 0 Å². The molecule has 0 unspecified atom stereocenters. The third-order valence-corrected chi connectivity index (χ3v) is 5.29. The average molecular weight is 480 g/mol. The van der Waals surface area contributed by atoms with E-state index in [1.54, 1.807) is 36.4 Å². The Bertz CT molecular complexity index is 936. The van der Waals surface area contributed by atoms with Gasteiger partial charge in [0, 0.05) is 45.0 Å². The molecule has 0 atom stereocenters. The topological polar surface area (TPSA) is 66.5 Å². The molecule has 0 aliphatic rings. The van der Waals surface area contributed by atoms with Crippen LogP contribution in [0.2, 0.25) is 0 Å². The van der Waals surface area contributed by atoms with Crippen LogP contribution in [0.1, 0.15) is 15.9 Å². The van der Waals surface area contributed by atoms with Gasteiger partial charge in [0.25, 0.3) is 5.79 Å². The van der Waals surface area contributed by atoms with E-state index in [9.17, 15) is 4.79 Å². The first-order valence-electron chi connectivity index (χ1n) is 11.3. The number of carbonyl (C=O) groups excluding carboxylic acids is 1. The van der Waals surface area contributed by atoms with Crippen molar-refractivity contribution in [3.8, 4) is 30.4 Å². The zero-order chi connectivity index (χ0) is 25.4. The molecule has 0 N–H and O–H groups in total. The Morgan fingerprint density at radius 2 is 1.37 bits per heavy atom. The van der Waals surface area contributed by atoms with Crippen molar-refractivity contribution in [1.29, 1.82) is 0 Å². The van der Waals surface area contributed by atoms with Crippen LogP contribution in [0.25, 0.3) is 0 Å². The molecule has 186 valence electrons. The number of nitrogens with zero attached hydrogens (tertiary/aromatic N) is 1. The Morgan fingerprint density at radius 1 is 0.829 bits per heavy atom. The quantitative estimate of drug-likeness (QED) is 0.150. The zero-order valence-electron chi connectivity index (χ0n) is 20.4. The summed E-state index contributed by atoms with van der Waals surface area (Å²) in [6, 6.07) is 16.0. The van der Waals surface area contributed by atoms with E-state index < -0.39 is 5.79 Å². The number of carbonyl (C=O) groups is 1. The summed E-state index contributed by atoms with van der Waals surface area (Å²) < 4.78 is 27.7. The summed E-state index contributed by atoms with van der Waals surface area (Å²) in [6.45, 7) is 4.06. The molecular weight excluding hydrogens is 446 g/mol. The van der Waals surface area contributed by atoms with E-state index in [0.29, 0.717) is 56.3 Å². The van der Waals surface area contributed by atoms with Crippen LogP contribution in [0.5, 0.6) is 5.75 Å². The van der Waals surface area contributed by atoms with E-state index in [4.69, 9.17) is 36.5 Å². The Balaban J connectivity index is 1.95. The maximum atomic E-state index is 13.3. The van der Waals surface area contributed by atoms with Crippen molar-refractivity contribution < 1.29 is 28.5 Å². The van der Waals surface area contributed by atoms with E-state index in [-0.39, 0.29) is 19.0 Å². The van der Waals surface area contributed by atoms with Gasteiger partial charge in [0.15, 0.2) is 0 Å². The van der Waals surface area contributed by atoms with Crippen LogP contribution in [-0.2, 0) is 24.7 Å². The first kappa shape index (κ1) is 28.1. The summed E-state index contributed by atoms with van der Waals surface area (Å²) in [5.41, 5.74) is 1.07. The number of ketones is 1. The van der Waals surface area contributed by atoms with Crippen LogP contribution in [0.4, 0.5) is 0 Å². The summed E-state index contributed by atoms with van der Waals surface area (Å²) in [4.78, 5) is 15.4. The van der Waals surface area contributed by atoms with Gasteiger partial charge in [0.1, 0.15) is 25.6 Å². The van der Waals surface area contributed by atoms with Crippen molar-refractivity contribution in [2.24, 2.45) is 0 Å². The molecule has 0 bridgehead atoms. The second-order valence-corrected chi connectivity index (χ2v) is 7.45. The minimum Gasteiger partial charge on any atom is -0.492 e.